The average molecular weight is 949 g/mol. The lowest BCUT2D eigenvalue weighted by atomic mass is 9.96. The molecule has 0 spiro atoms. The number of rotatable bonds is 17. The number of ketones is 2. The Labute approximate surface area is 416 Å². The molecule has 8 aromatic rings. The molecule has 0 aliphatic heterocycles. The third-order valence-corrected chi connectivity index (χ3v) is 13.3. The zero-order valence-corrected chi connectivity index (χ0v) is 41.5. The molecule has 2 fully saturated rings. The van der Waals surface area contributed by atoms with Crippen molar-refractivity contribution in [3.8, 4) is 22.3 Å². The Morgan fingerprint density at radius 2 is 1.03 bits per heavy atom. The summed E-state index contributed by atoms with van der Waals surface area (Å²) in [4.78, 5) is 39.4. The minimum absolute atomic E-state index is 0.00744. The Balaban J connectivity index is 0.000000179. The van der Waals surface area contributed by atoms with Gasteiger partial charge in [0.15, 0.2) is 11.6 Å². The molecule has 0 unspecified atom stereocenters. The Bertz CT molecular complexity index is 3190. The average Bonchev–Trinajstić information content (AvgIpc) is 4.32. The smallest absolute Gasteiger partial charge is 0.412 e. The molecule has 364 valence electrons. The van der Waals surface area contributed by atoms with Crippen LogP contribution in [0.5, 0.6) is 0 Å². The molecular weight excluding hydrogens is 885 g/mol. The number of nitrogens with zero attached hydrogens (tertiary/aromatic N) is 2. The molecule has 10 heteroatoms. The van der Waals surface area contributed by atoms with Gasteiger partial charge in [-0.05, 0) is 164 Å². The minimum atomic E-state index is -0.627. The van der Waals surface area contributed by atoms with Gasteiger partial charge in [-0.2, -0.15) is 0 Å². The molecule has 0 radical (unpaired) electrons. The maximum atomic E-state index is 13.6. The van der Waals surface area contributed by atoms with Gasteiger partial charge in [0.05, 0.1) is 13.2 Å². The summed E-state index contributed by atoms with van der Waals surface area (Å²) in [6.07, 6.45) is 4.79. The number of Topliss-reactive ketones (excluding diaryl/α,β-unsaturated/α-hetero) is 2. The summed E-state index contributed by atoms with van der Waals surface area (Å²) >= 11 is 0. The van der Waals surface area contributed by atoms with Crippen molar-refractivity contribution in [1.82, 2.24) is 9.13 Å². The summed E-state index contributed by atoms with van der Waals surface area (Å²) in [6.45, 7) is 8.43. The van der Waals surface area contributed by atoms with Gasteiger partial charge in [0.25, 0.3) is 0 Å². The van der Waals surface area contributed by atoms with E-state index >= 15 is 0 Å². The van der Waals surface area contributed by atoms with Gasteiger partial charge < -0.3 is 29.1 Å². The molecule has 10 rings (SSSR count). The molecule has 0 atom stereocenters. The van der Waals surface area contributed by atoms with E-state index in [0.717, 1.165) is 68.3 Å². The highest BCUT2D eigenvalue weighted by molar-refractivity contribution is 6.03. The first-order chi connectivity index (χ1) is 34.3. The standard InChI is InChI=1S/C33H36N2O4.C28H28N2O2/c1-33(2,3)39-32(37)34-28-14-12-24(22-8-6-5-7-9-22)18-26(28)21-31(36)25-13-15-29-27(19-25)20-30(23-10-11-23)35(29)16-17-38-4;1-32-14-13-30-26-12-10-22(16-24(26)17-27(30)20-7-8-20)28(31)18-23-15-21(9-11-25(23)29)19-5-3-2-4-6-19/h5-9,12-15,18-20,23H,10-11,16-17,21H2,1-4H3,(H,34,37);2-6,9-12,15-17,20H,7-8,13-14,18,29H2,1H3. The van der Waals surface area contributed by atoms with Crippen LogP contribution in [0, 0.1) is 0 Å². The monoisotopic (exact) mass is 948 g/mol. The van der Waals surface area contributed by atoms with E-state index in [1.165, 1.54) is 42.6 Å². The van der Waals surface area contributed by atoms with E-state index < -0.39 is 11.7 Å². The number of nitrogens with one attached hydrogen (secondary N) is 1. The van der Waals surface area contributed by atoms with Gasteiger partial charge in [-0.15, -0.1) is 0 Å². The number of benzene rings is 6. The lowest BCUT2D eigenvalue weighted by Crippen LogP contribution is -2.27. The number of carbonyl (C=O) groups is 3. The lowest BCUT2D eigenvalue weighted by molar-refractivity contribution is 0.0635. The molecule has 6 aromatic carbocycles. The van der Waals surface area contributed by atoms with Gasteiger partial charge in [-0.3, -0.25) is 14.9 Å². The van der Waals surface area contributed by atoms with Gasteiger partial charge in [-0.25, -0.2) is 4.79 Å². The first kappa shape index (κ1) is 48.7. The van der Waals surface area contributed by atoms with Crippen LogP contribution in [0.3, 0.4) is 0 Å². The van der Waals surface area contributed by atoms with E-state index in [1.807, 2.05) is 136 Å². The predicted octanol–water partition coefficient (Wildman–Crippen LogP) is 13.4. The Hall–Kier alpha value is -7.27. The quantitative estimate of drug-likeness (QED) is 0.0687. The van der Waals surface area contributed by atoms with Gasteiger partial charge in [0.1, 0.15) is 5.60 Å². The molecular formula is C61H64N4O6. The highest BCUT2D eigenvalue weighted by Crippen LogP contribution is 2.44. The lowest BCUT2D eigenvalue weighted by Gasteiger charge is -2.20. The van der Waals surface area contributed by atoms with Crippen LogP contribution in [0.25, 0.3) is 44.1 Å². The molecule has 2 aliphatic carbocycles. The van der Waals surface area contributed by atoms with Gasteiger partial charge >= 0.3 is 6.09 Å². The molecule has 3 N–H and O–H groups in total. The third kappa shape index (κ3) is 11.8. The molecule has 2 aromatic heterocycles. The summed E-state index contributed by atoms with van der Waals surface area (Å²) < 4.78 is 20.8. The van der Waals surface area contributed by atoms with Crippen LogP contribution < -0.4 is 11.1 Å². The van der Waals surface area contributed by atoms with E-state index in [1.54, 1.807) is 14.2 Å². The molecule has 0 bridgehead atoms. The summed E-state index contributed by atoms with van der Waals surface area (Å²) in [7, 11) is 3.45. The Kier molecular flexibility index (Phi) is 14.7. The van der Waals surface area contributed by atoms with Crippen molar-refractivity contribution in [2.45, 2.75) is 89.8 Å². The van der Waals surface area contributed by atoms with Crippen LogP contribution in [0.15, 0.2) is 146 Å². The number of nitrogens with two attached hydrogens (primary N) is 1. The largest absolute Gasteiger partial charge is 0.444 e. The van der Waals surface area contributed by atoms with Crippen LogP contribution >= 0.6 is 0 Å². The zero-order chi connectivity index (χ0) is 49.6. The highest BCUT2D eigenvalue weighted by Gasteiger charge is 2.29. The number of methoxy groups -OCH3 is 2. The van der Waals surface area contributed by atoms with E-state index in [0.29, 0.717) is 42.0 Å². The molecule has 2 saturated carbocycles. The SMILES string of the molecule is COCCn1c(C2CC2)cc2cc(C(=O)Cc3cc(-c4ccccc4)ccc3N)ccc21.COCCn1c(C2CC2)cc2cc(C(=O)Cc3cc(-c4ccccc4)ccc3NC(=O)OC(C)(C)C)ccc21. The molecule has 10 nitrogen and oxygen atoms in total. The second-order valence-electron chi connectivity index (χ2n) is 19.9. The first-order valence-corrected chi connectivity index (χ1v) is 24.8. The fraction of sp³-hybridized carbons (Fsp3) is 0.295. The summed E-state index contributed by atoms with van der Waals surface area (Å²) in [5.74, 6) is 1.31. The second-order valence-corrected chi connectivity index (χ2v) is 19.9. The number of aromatic nitrogens is 2. The number of ether oxygens (including phenoxy) is 3. The number of hydrogen-bond acceptors (Lipinski definition) is 7. The second kappa shape index (κ2) is 21.4. The normalized spacial score (nSPS) is 13.5. The molecule has 2 heterocycles. The van der Waals surface area contributed by atoms with Crippen LogP contribution in [0.4, 0.5) is 16.2 Å². The summed E-state index contributed by atoms with van der Waals surface area (Å²) in [5, 5.41) is 5.05. The van der Waals surface area contributed by atoms with E-state index in [-0.39, 0.29) is 24.4 Å². The van der Waals surface area contributed by atoms with Crippen molar-refractivity contribution >= 4 is 50.8 Å². The van der Waals surface area contributed by atoms with Gasteiger partial charge in [0, 0.05) is 95.8 Å². The Morgan fingerprint density at radius 3 is 1.49 bits per heavy atom. The van der Waals surface area contributed by atoms with Crippen LogP contribution in [0.2, 0.25) is 0 Å². The fourth-order valence-corrected chi connectivity index (χ4v) is 9.44. The molecule has 2 aliphatic rings. The van der Waals surface area contributed by atoms with Crippen LogP contribution in [0.1, 0.15) is 102 Å². The number of nitrogen functional groups attached to an aromatic ring is 1. The molecule has 1 amide bonds. The zero-order valence-electron chi connectivity index (χ0n) is 41.5. The van der Waals surface area contributed by atoms with E-state index in [2.05, 4.69) is 44.8 Å². The number of hydrogen-bond donors (Lipinski definition) is 2. The van der Waals surface area contributed by atoms with Crippen molar-refractivity contribution in [2.24, 2.45) is 0 Å². The van der Waals surface area contributed by atoms with Crippen molar-refractivity contribution in [1.29, 1.82) is 0 Å². The van der Waals surface area contributed by atoms with Crippen molar-refractivity contribution < 1.29 is 28.6 Å². The highest BCUT2D eigenvalue weighted by atomic mass is 16.6. The number of amides is 1. The number of anilines is 2. The number of fused-ring (bicyclic) bond motifs is 2. The minimum Gasteiger partial charge on any atom is -0.444 e. The van der Waals surface area contributed by atoms with Crippen molar-refractivity contribution in [3.63, 3.8) is 0 Å². The van der Waals surface area contributed by atoms with Crippen molar-refractivity contribution in [2.75, 3.05) is 38.5 Å². The van der Waals surface area contributed by atoms with E-state index in [9.17, 15) is 14.4 Å². The summed E-state index contributed by atoms with van der Waals surface area (Å²) in [6, 6.07) is 48.3. The van der Waals surface area contributed by atoms with Crippen LogP contribution in [-0.2, 0) is 40.1 Å². The van der Waals surface area contributed by atoms with Gasteiger partial charge in [0.2, 0.25) is 0 Å². The number of carbonyl (C=O) groups excluding carboxylic acids is 3. The Morgan fingerprint density at radius 1 is 0.563 bits per heavy atom. The molecule has 0 saturated heterocycles. The topological polar surface area (TPSA) is 127 Å². The van der Waals surface area contributed by atoms with Crippen LogP contribution in [-0.4, -0.2) is 59.8 Å². The molecule has 71 heavy (non-hydrogen) atoms. The van der Waals surface area contributed by atoms with Crippen molar-refractivity contribution in [3.05, 3.63) is 179 Å². The first-order valence-electron chi connectivity index (χ1n) is 24.8. The third-order valence-electron chi connectivity index (χ3n) is 13.3. The predicted molar refractivity (Wildman–Crippen MR) is 286 cm³/mol. The maximum Gasteiger partial charge on any atom is 0.412 e. The fourth-order valence-electron chi connectivity index (χ4n) is 9.44. The van der Waals surface area contributed by atoms with Gasteiger partial charge in [-0.1, -0.05) is 72.8 Å². The van der Waals surface area contributed by atoms with E-state index in [4.69, 9.17) is 19.9 Å². The maximum absolute atomic E-state index is 13.6. The summed E-state index contributed by atoms with van der Waals surface area (Å²) in [5.41, 5.74) is 19.0.